The number of carbonyl (C=O) groups is 1. The Balaban J connectivity index is 2.46. The third-order valence-electron chi connectivity index (χ3n) is 2.43. The number of hydrogen-bond donors (Lipinski definition) is 1. The minimum absolute atomic E-state index is 0.0236. The molecule has 0 spiro atoms. The highest BCUT2D eigenvalue weighted by molar-refractivity contribution is 5.77. The van der Waals surface area contributed by atoms with E-state index in [0.717, 1.165) is 4.90 Å². The summed E-state index contributed by atoms with van der Waals surface area (Å²) in [7, 11) is 0. The highest BCUT2D eigenvalue weighted by Gasteiger charge is 2.40. The monoisotopic (exact) mass is 239 g/mol. The van der Waals surface area contributed by atoms with Crippen molar-refractivity contribution in [2.45, 2.75) is 50.9 Å². The molecule has 1 fully saturated rings. The molecule has 0 radical (unpaired) electrons. The SMILES string of the molecule is CC(O)CCC(=O)N(CC(F)(F)F)C1CC1. The van der Waals surface area contributed by atoms with Crippen LogP contribution in [-0.2, 0) is 4.79 Å². The number of carbonyl (C=O) groups excluding carboxylic acids is 1. The molecule has 0 bridgehead atoms. The second-order valence-corrected chi connectivity index (χ2v) is 4.26. The van der Waals surface area contributed by atoms with E-state index < -0.39 is 24.7 Å². The normalized spacial score (nSPS) is 18.3. The molecule has 1 N–H and O–H groups in total. The highest BCUT2D eigenvalue weighted by atomic mass is 19.4. The van der Waals surface area contributed by atoms with Crippen molar-refractivity contribution in [3.05, 3.63) is 0 Å². The second-order valence-electron chi connectivity index (χ2n) is 4.26. The highest BCUT2D eigenvalue weighted by Crippen LogP contribution is 2.30. The van der Waals surface area contributed by atoms with Gasteiger partial charge in [0.25, 0.3) is 0 Å². The molecule has 94 valence electrons. The Morgan fingerprint density at radius 2 is 2.06 bits per heavy atom. The van der Waals surface area contributed by atoms with E-state index in [4.69, 9.17) is 5.11 Å². The van der Waals surface area contributed by atoms with Crippen LogP contribution in [0.4, 0.5) is 13.2 Å². The quantitative estimate of drug-likeness (QED) is 0.793. The molecule has 0 aromatic rings. The van der Waals surface area contributed by atoms with Crippen molar-refractivity contribution in [2.75, 3.05) is 6.54 Å². The van der Waals surface area contributed by atoms with Crippen LogP contribution in [0.2, 0.25) is 0 Å². The molecule has 1 saturated carbocycles. The number of alkyl halides is 3. The van der Waals surface area contributed by atoms with Crippen molar-refractivity contribution < 1.29 is 23.1 Å². The molecule has 6 heteroatoms. The first-order valence-corrected chi connectivity index (χ1v) is 5.34. The maximum atomic E-state index is 12.2. The zero-order chi connectivity index (χ0) is 12.3. The second kappa shape index (κ2) is 5.03. The van der Waals surface area contributed by atoms with Gasteiger partial charge in [0.05, 0.1) is 6.10 Å². The van der Waals surface area contributed by atoms with Crippen LogP contribution in [0.25, 0.3) is 0 Å². The van der Waals surface area contributed by atoms with Crippen molar-refractivity contribution in [2.24, 2.45) is 0 Å². The average Bonchev–Trinajstić information content (AvgIpc) is 2.91. The summed E-state index contributed by atoms with van der Waals surface area (Å²) in [5.41, 5.74) is 0. The van der Waals surface area contributed by atoms with Crippen LogP contribution in [0.3, 0.4) is 0 Å². The molecule has 0 saturated heterocycles. The van der Waals surface area contributed by atoms with Gasteiger partial charge in [-0.15, -0.1) is 0 Å². The van der Waals surface area contributed by atoms with E-state index in [0.29, 0.717) is 12.8 Å². The summed E-state index contributed by atoms with van der Waals surface area (Å²) >= 11 is 0. The molecule has 0 aromatic heterocycles. The maximum Gasteiger partial charge on any atom is 0.406 e. The number of amides is 1. The van der Waals surface area contributed by atoms with Crippen LogP contribution < -0.4 is 0 Å². The molecular formula is C10H16F3NO2. The number of nitrogens with zero attached hydrogens (tertiary/aromatic N) is 1. The Hall–Kier alpha value is -0.780. The minimum atomic E-state index is -4.34. The number of halogens is 3. The summed E-state index contributed by atoms with van der Waals surface area (Å²) in [6.45, 7) is 0.342. The Morgan fingerprint density at radius 1 is 1.50 bits per heavy atom. The van der Waals surface area contributed by atoms with Gasteiger partial charge in [0, 0.05) is 12.5 Å². The van der Waals surface area contributed by atoms with E-state index in [9.17, 15) is 18.0 Å². The molecule has 3 nitrogen and oxygen atoms in total. The molecule has 1 amide bonds. The van der Waals surface area contributed by atoms with Gasteiger partial charge in [-0.25, -0.2) is 0 Å². The topological polar surface area (TPSA) is 40.5 Å². The largest absolute Gasteiger partial charge is 0.406 e. The van der Waals surface area contributed by atoms with Gasteiger partial charge in [-0.3, -0.25) is 4.79 Å². The van der Waals surface area contributed by atoms with E-state index in [1.807, 2.05) is 0 Å². The van der Waals surface area contributed by atoms with Gasteiger partial charge in [0.1, 0.15) is 6.54 Å². The lowest BCUT2D eigenvalue weighted by Gasteiger charge is -2.24. The molecule has 0 aromatic carbocycles. The Kier molecular flexibility index (Phi) is 4.18. The molecule has 16 heavy (non-hydrogen) atoms. The van der Waals surface area contributed by atoms with Gasteiger partial charge < -0.3 is 10.0 Å². The molecule has 0 heterocycles. The predicted octanol–water partition coefficient (Wildman–Crippen LogP) is 1.70. The third-order valence-corrected chi connectivity index (χ3v) is 2.43. The van der Waals surface area contributed by atoms with Gasteiger partial charge in [-0.2, -0.15) is 13.2 Å². The van der Waals surface area contributed by atoms with Crippen LogP contribution in [0.5, 0.6) is 0 Å². The fraction of sp³-hybridized carbons (Fsp3) is 0.900. The minimum Gasteiger partial charge on any atom is -0.393 e. The van der Waals surface area contributed by atoms with Gasteiger partial charge in [0.2, 0.25) is 5.91 Å². The molecule has 1 atom stereocenters. The molecular weight excluding hydrogens is 223 g/mol. The maximum absolute atomic E-state index is 12.2. The molecule has 1 aliphatic carbocycles. The lowest BCUT2D eigenvalue weighted by molar-refractivity contribution is -0.162. The van der Waals surface area contributed by atoms with E-state index in [2.05, 4.69) is 0 Å². The first-order chi connectivity index (χ1) is 7.29. The van der Waals surface area contributed by atoms with Crippen LogP contribution in [0, 0.1) is 0 Å². The zero-order valence-electron chi connectivity index (χ0n) is 9.13. The summed E-state index contributed by atoms with van der Waals surface area (Å²) in [5.74, 6) is -0.513. The standard InChI is InChI=1S/C10H16F3NO2/c1-7(15)2-5-9(16)14(8-3-4-8)6-10(11,12)13/h7-8,15H,2-6H2,1H3. The van der Waals surface area contributed by atoms with Crippen molar-refractivity contribution in [1.82, 2.24) is 4.90 Å². The fourth-order valence-corrected chi connectivity index (χ4v) is 1.48. The van der Waals surface area contributed by atoms with E-state index in [1.165, 1.54) is 6.92 Å². The van der Waals surface area contributed by atoms with Crippen molar-refractivity contribution in [1.29, 1.82) is 0 Å². The summed E-state index contributed by atoms with van der Waals surface area (Å²) in [6, 6.07) is -0.247. The molecule has 1 unspecified atom stereocenters. The molecule has 0 aliphatic heterocycles. The van der Waals surface area contributed by atoms with Crippen LogP contribution in [0.15, 0.2) is 0 Å². The van der Waals surface area contributed by atoms with Crippen molar-refractivity contribution in [3.63, 3.8) is 0 Å². The summed E-state index contributed by atoms with van der Waals surface area (Å²) in [4.78, 5) is 12.4. The van der Waals surface area contributed by atoms with Crippen LogP contribution in [0.1, 0.15) is 32.6 Å². The lowest BCUT2D eigenvalue weighted by atomic mass is 10.2. The van der Waals surface area contributed by atoms with E-state index in [-0.39, 0.29) is 18.9 Å². The van der Waals surface area contributed by atoms with Crippen molar-refractivity contribution >= 4 is 5.91 Å². The van der Waals surface area contributed by atoms with Crippen LogP contribution in [-0.4, -0.2) is 40.8 Å². The number of rotatable bonds is 5. The van der Waals surface area contributed by atoms with Gasteiger partial charge in [-0.1, -0.05) is 0 Å². The van der Waals surface area contributed by atoms with Gasteiger partial charge in [-0.05, 0) is 26.2 Å². The van der Waals surface area contributed by atoms with Crippen molar-refractivity contribution in [3.8, 4) is 0 Å². The van der Waals surface area contributed by atoms with Gasteiger partial charge in [0.15, 0.2) is 0 Å². The average molecular weight is 239 g/mol. The molecule has 1 aliphatic rings. The number of aliphatic hydroxyl groups is 1. The van der Waals surface area contributed by atoms with Gasteiger partial charge >= 0.3 is 6.18 Å². The Bertz CT molecular complexity index is 249. The predicted molar refractivity (Wildman–Crippen MR) is 51.7 cm³/mol. The Labute approximate surface area is 92.2 Å². The number of hydrogen-bond acceptors (Lipinski definition) is 2. The fourth-order valence-electron chi connectivity index (χ4n) is 1.48. The zero-order valence-corrected chi connectivity index (χ0v) is 9.13. The van der Waals surface area contributed by atoms with Crippen LogP contribution >= 0.6 is 0 Å². The van der Waals surface area contributed by atoms with E-state index in [1.54, 1.807) is 0 Å². The summed E-state index contributed by atoms with van der Waals surface area (Å²) < 4.78 is 36.6. The van der Waals surface area contributed by atoms with E-state index >= 15 is 0 Å². The summed E-state index contributed by atoms with van der Waals surface area (Å²) in [5, 5.41) is 8.98. The summed E-state index contributed by atoms with van der Waals surface area (Å²) in [6.07, 6.45) is -3.52. The number of aliphatic hydroxyl groups excluding tert-OH is 1. The smallest absolute Gasteiger partial charge is 0.393 e. The Morgan fingerprint density at radius 3 is 2.44 bits per heavy atom. The first kappa shape index (κ1) is 13.3. The molecule has 1 rings (SSSR count). The first-order valence-electron chi connectivity index (χ1n) is 5.34. The lowest BCUT2D eigenvalue weighted by Crippen LogP contribution is -2.40. The third kappa shape index (κ3) is 4.83.